The fraction of sp³-hybridized carbons (Fsp3) is 0.250. The Balaban J connectivity index is 1.44. The number of anilines is 2. The van der Waals surface area contributed by atoms with Crippen LogP contribution in [-0.4, -0.2) is 41.4 Å². The normalized spacial score (nSPS) is 16.0. The standard InChI is InChI=1S/C20H21N5O3S/c1-14-18-12-16(13-21-20(18)24(2)23-14)22-19(26)9-6-15-4-7-17(8-5-15)25-10-3-11-29(25,27)28/h4-9,12-13H,3,10-11H2,1-2H3,(H,22,26)/b9-6+. The third-order valence-corrected chi connectivity index (χ3v) is 6.71. The van der Waals surface area contributed by atoms with Crippen LogP contribution in [0.15, 0.2) is 42.6 Å². The number of hydrogen-bond acceptors (Lipinski definition) is 5. The van der Waals surface area contributed by atoms with Crippen molar-refractivity contribution in [1.29, 1.82) is 0 Å². The number of nitrogens with zero attached hydrogens (tertiary/aromatic N) is 4. The molecule has 1 aromatic carbocycles. The number of benzene rings is 1. The van der Waals surface area contributed by atoms with Gasteiger partial charge in [0, 0.05) is 25.1 Å². The molecule has 1 aliphatic rings. The molecule has 3 aromatic rings. The summed E-state index contributed by atoms with van der Waals surface area (Å²) in [5, 5.41) is 8.00. The fourth-order valence-corrected chi connectivity index (χ4v) is 4.98. The number of rotatable bonds is 4. The van der Waals surface area contributed by atoms with Crippen LogP contribution in [-0.2, 0) is 21.9 Å². The number of fused-ring (bicyclic) bond motifs is 1. The second-order valence-corrected chi connectivity index (χ2v) is 8.97. The molecule has 0 bridgehead atoms. The maximum atomic E-state index is 12.2. The zero-order chi connectivity index (χ0) is 20.6. The summed E-state index contributed by atoms with van der Waals surface area (Å²) in [5.74, 6) is -0.0903. The van der Waals surface area contributed by atoms with Crippen LogP contribution in [0.1, 0.15) is 17.7 Å². The predicted molar refractivity (Wildman–Crippen MR) is 113 cm³/mol. The van der Waals surface area contributed by atoms with E-state index in [1.165, 1.54) is 10.4 Å². The van der Waals surface area contributed by atoms with Crippen molar-refractivity contribution in [2.24, 2.45) is 7.05 Å². The summed E-state index contributed by atoms with van der Waals surface area (Å²) in [7, 11) is -1.36. The fourth-order valence-electron chi connectivity index (χ4n) is 3.41. The molecule has 9 heteroatoms. The van der Waals surface area contributed by atoms with E-state index in [9.17, 15) is 13.2 Å². The van der Waals surface area contributed by atoms with E-state index in [1.807, 2.05) is 20.0 Å². The number of hydrogen-bond donors (Lipinski definition) is 1. The summed E-state index contributed by atoms with van der Waals surface area (Å²) in [5.41, 5.74) is 3.66. The Hall–Kier alpha value is -3.20. The molecule has 1 fully saturated rings. The van der Waals surface area contributed by atoms with Crippen LogP contribution in [0.25, 0.3) is 17.1 Å². The largest absolute Gasteiger partial charge is 0.321 e. The third kappa shape index (κ3) is 3.86. The van der Waals surface area contributed by atoms with E-state index >= 15 is 0 Å². The van der Waals surface area contributed by atoms with E-state index in [4.69, 9.17) is 0 Å². The first-order chi connectivity index (χ1) is 13.8. The first kappa shape index (κ1) is 19.1. The SMILES string of the molecule is Cc1nn(C)c2ncc(NC(=O)/C=C/c3ccc(N4CCCS4(=O)=O)cc3)cc12. The smallest absolute Gasteiger partial charge is 0.248 e. The number of pyridine rings is 1. The second-order valence-electron chi connectivity index (χ2n) is 6.96. The number of sulfonamides is 1. The summed E-state index contributed by atoms with van der Waals surface area (Å²) < 4.78 is 27.1. The van der Waals surface area contributed by atoms with Gasteiger partial charge < -0.3 is 5.32 Å². The minimum Gasteiger partial charge on any atom is -0.321 e. The molecule has 0 atom stereocenters. The molecule has 0 spiro atoms. The summed E-state index contributed by atoms with van der Waals surface area (Å²) in [6, 6.07) is 8.94. The van der Waals surface area contributed by atoms with Gasteiger partial charge in [0.25, 0.3) is 0 Å². The molecular weight excluding hydrogens is 390 g/mol. The lowest BCUT2D eigenvalue weighted by molar-refractivity contribution is -0.111. The van der Waals surface area contributed by atoms with Gasteiger partial charge in [-0.05, 0) is 43.2 Å². The predicted octanol–water partition coefficient (Wildman–Crippen LogP) is 2.47. The summed E-state index contributed by atoms with van der Waals surface area (Å²) in [6.45, 7) is 2.40. The average Bonchev–Trinajstić information content (AvgIpc) is 3.18. The Morgan fingerprint density at radius 1 is 1.24 bits per heavy atom. The minimum absolute atomic E-state index is 0.189. The summed E-state index contributed by atoms with van der Waals surface area (Å²) in [6.07, 6.45) is 5.35. The maximum absolute atomic E-state index is 12.2. The highest BCUT2D eigenvalue weighted by Crippen LogP contribution is 2.24. The molecule has 150 valence electrons. The molecule has 8 nitrogen and oxygen atoms in total. The van der Waals surface area contributed by atoms with Gasteiger partial charge in [0.1, 0.15) is 0 Å². The van der Waals surface area contributed by atoms with Gasteiger partial charge in [0.2, 0.25) is 15.9 Å². The van der Waals surface area contributed by atoms with Crippen molar-refractivity contribution in [3.8, 4) is 0 Å². The Morgan fingerprint density at radius 3 is 2.69 bits per heavy atom. The van der Waals surface area contributed by atoms with Gasteiger partial charge in [0.05, 0.1) is 29.0 Å². The molecule has 0 unspecified atom stereocenters. The van der Waals surface area contributed by atoms with E-state index in [-0.39, 0.29) is 11.7 Å². The molecule has 1 amide bonds. The number of carbonyl (C=O) groups is 1. The molecule has 0 aliphatic carbocycles. The van der Waals surface area contributed by atoms with Gasteiger partial charge in [0.15, 0.2) is 5.65 Å². The van der Waals surface area contributed by atoms with Crippen molar-refractivity contribution in [1.82, 2.24) is 14.8 Å². The number of amides is 1. The van der Waals surface area contributed by atoms with Crippen LogP contribution >= 0.6 is 0 Å². The molecule has 1 aliphatic heterocycles. The van der Waals surface area contributed by atoms with Crippen LogP contribution in [0.3, 0.4) is 0 Å². The van der Waals surface area contributed by atoms with Crippen LogP contribution in [0.2, 0.25) is 0 Å². The average molecular weight is 411 g/mol. The highest BCUT2D eigenvalue weighted by atomic mass is 32.2. The second kappa shape index (κ2) is 7.32. The van der Waals surface area contributed by atoms with E-state index < -0.39 is 10.0 Å². The monoisotopic (exact) mass is 411 g/mol. The Morgan fingerprint density at radius 2 is 2.00 bits per heavy atom. The maximum Gasteiger partial charge on any atom is 0.248 e. The molecule has 2 aromatic heterocycles. The topological polar surface area (TPSA) is 97.2 Å². The molecule has 29 heavy (non-hydrogen) atoms. The van der Waals surface area contributed by atoms with Crippen molar-refractivity contribution >= 4 is 44.4 Å². The van der Waals surface area contributed by atoms with Gasteiger partial charge in [-0.1, -0.05) is 12.1 Å². The van der Waals surface area contributed by atoms with Crippen molar-refractivity contribution in [2.45, 2.75) is 13.3 Å². The minimum atomic E-state index is -3.19. The summed E-state index contributed by atoms with van der Waals surface area (Å²) in [4.78, 5) is 16.6. The molecule has 1 saturated heterocycles. The van der Waals surface area contributed by atoms with Crippen LogP contribution in [0.5, 0.6) is 0 Å². The van der Waals surface area contributed by atoms with Crippen LogP contribution in [0, 0.1) is 6.92 Å². The van der Waals surface area contributed by atoms with E-state index in [0.717, 1.165) is 22.3 Å². The molecule has 1 N–H and O–H groups in total. The Kier molecular flexibility index (Phi) is 4.83. The van der Waals surface area contributed by atoms with E-state index in [0.29, 0.717) is 24.3 Å². The zero-order valence-electron chi connectivity index (χ0n) is 16.2. The van der Waals surface area contributed by atoms with Gasteiger partial charge in [-0.2, -0.15) is 5.10 Å². The lowest BCUT2D eigenvalue weighted by atomic mass is 10.2. The lowest BCUT2D eigenvalue weighted by Crippen LogP contribution is -2.24. The van der Waals surface area contributed by atoms with Crippen LogP contribution in [0.4, 0.5) is 11.4 Å². The van der Waals surface area contributed by atoms with Gasteiger partial charge in [-0.3, -0.25) is 13.8 Å². The van der Waals surface area contributed by atoms with Crippen molar-refractivity contribution in [3.63, 3.8) is 0 Å². The van der Waals surface area contributed by atoms with Crippen molar-refractivity contribution in [3.05, 3.63) is 53.9 Å². The molecule has 0 saturated carbocycles. The number of carbonyl (C=O) groups excluding carboxylic acids is 1. The number of aryl methyl sites for hydroxylation is 2. The molecule has 3 heterocycles. The zero-order valence-corrected chi connectivity index (χ0v) is 17.0. The molecule has 0 radical (unpaired) electrons. The van der Waals surface area contributed by atoms with Crippen molar-refractivity contribution < 1.29 is 13.2 Å². The first-order valence-electron chi connectivity index (χ1n) is 9.22. The van der Waals surface area contributed by atoms with E-state index in [2.05, 4.69) is 15.4 Å². The number of nitrogens with one attached hydrogen (secondary N) is 1. The highest BCUT2D eigenvalue weighted by molar-refractivity contribution is 7.93. The van der Waals surface area contributed by atoms with Gasteiger partial charge >= 0.3 is 0 Å². The Bertz CT molecular complexity index is 1210. The first-order valence-corrected chi connectivity index (χ1v) is 10.8. The highest BCUT2D eigenvalue weighted by Gasteiger charge is 2.28. The van der Waals surface area contributed by atoms with E-state index in [1.54, 1.807) is 41.2 Å². The van der Waals surface area contributed by atoms with Crippen molar-refractivity contribution in [2.75, 3.05) is 21.9 Å². The Labute approximate surface area is 168 Å². The quantitative estimate of drug-likeness (QED) is 0.665. The van der Waals surface area contributed by atoms with Gasteiger partial charge in [-0.15, -0.1) is 0 Å². The third-order valence-electron chi connectivity index (χ3n) is 4.84. The van der Waals surface area contributed by atoms with Gasteiger partial charge in [-0.25, -0.2) is 13.4 Å². The summed E-state index contributed by atoms with van der Waals surface area (Å²) >= 11 is 0. The number of aromatic nitrogens is 3. The van der Waals surface area contributed by atoms with Crippen LogP contribution < -0.4 is 9.62 Å². The molecular formula is C20H21N5O3S. The molecule has 4 rings (SSSR count). The lowest BCUT2D eigenvalue weighted by Gasteiger charge is -2.16.